The third kappa shape index (κ3) is 4.87. The standard InChI is InChI=1S/C16H17ClN2O4S/c1-19(24(2,21)22)13-7-5-6-12(10-13)18-16(20)11-23-15-9-4-3-8-14(15)17/h3-10H,11H2,1-2H3,(H,18,20). The monoisotopic (exact) mass is 368 g/mol. The molecule has 8 heteroatoms. The lowest BCUT2D eigenvalue weighted by molar-refractivity contribution is -0.118. The fourth-order valence-corrected chi connectivity index (χ4v) is 2.56. The van der Waals surface area contributed by atoms with Gasteiger partial charge in [0.2, 0.25) is 10.0 Å². The van der Waals surface area contributed by atoms with E-state index in [4.69, 9.17) is 16.3 Å². The number of carbonyl (C=O) groups is 1. The van der Waals surface area contributed by atoms with Gasteiger partial charge in [0, 0.05) is 12.7 Å². The minimum absolute atomic E-state index is 0.212. The molecule has 0 aliphatic carbocycles. The van der Waals surface area contributed by atoms with Crippen LogP contribution in [0, 0.1) is 0 Å². The molecule has 0 unspecified atom stereocenters. The molecule has 1 amide bonds. The minimum atomic E-state index is -3.37. The van der Waals surface area contributed by atoms with Gasteiger partial charge < -0.3 is 10.1 Å². The summed E-state index contributed by atoms with van der Waals surface area (Å²) in [6, 6.07) is 13.4. The van der Waals surface area contributed by atoms with Crippen LogP contribution in [0.15, 0.2) is 48.5 Å². The fraction of sp³-hybridized carbons (Fsp3) is 0.188. The number of hydrogen-bond acceptors (Lipinski definition) is 4. The molecule has 2 aromatic carbocycles. The second-order valence-electron chi connectivity index (χ2n) is 5.05. The van der Waals surface area contributed by atoms with Crippen molar-refractivity contribution in [3.05, 3.63) is 53.6 Å². The number of amides is 1. The molecule has 24 heavy (non-hydrogen) atoms. The van der Waals surface area contributed by atoms with Crippen LogP contribution in [0.25, 0.3) is 0 Å². The van der Waals surface area contributed by atoms with Gasteiger partial charge in [0.05, 0.1) is 17.0 Å². The van der Waals surface area contributed by atoms with Gasteiger partial charge in [0.15, 0.2) is 6.61 Å². The van der Waals surface area contributed by atoms with E-state index in [-0.39, 0.29) is 12.5 Å². The topological polar surface area (TPSA) is 75.7 Å². The highest BCUT2D eigenvalue weighted by atomic mass is 35.5. The Balaban J connectivity index is 2.01. The van der Waals surface area contributed by atoms with Gasteiger partial charge in [-0.2, -0.15) is 0 Å². The zero-order valence-electron chi connectivity index (χ0n) is 13.2. The highest BCUT2D eigenvalue weighted by Gasteiger charge is 2.13. The van der Waals surface area contributed by atoms with Crippen molar-refractivity contribution >= 4 is 38.9 Å². The molecule has 2 rings (SSSR count). The molecule has 128 valence electrons. The van der Waals surface area contributed by atoms with Crippen LogP contribution in [0.3, 0.4) is 0 Å². The van der Waals surface area contributed by atoms with Crippen molar-refractivity contribution in [1.82, 2.24) is 0 Å². The molecule has 0 bridgehead atoms. The highest BCUT2D eigenvalue weighted by molar-refractivity contribution is 7.92. The van der Waals surface area contributed by atoms with E-state index in [0.29, 0.717) is 22.1 Å². The number of halogens is 1. The van der Waals surface area contributed by atoms with Crippen molar-refractivity contribution in [2.45, 2.75) is 0 Å². The van der Waals surface area contributed by atoms with E-state index in [1.807, 2.05) is 0 Å². The maximum absolute atomic E-state index is 12.0. The van der Waals surface area contributed by atoms with Crippen molar-refractivity contribution in [2.75, 3.05) is 29.5 Å². The van der Waals surface area contributed by atoms with Crippen molar-refractivity contribution in [3.8, 4) is 5.75 Å². The van der Waals surface area contributed by atoms with Gasteiger partial charge in [-0.25, -0.2) is 8.42 Å². The number of sulfonamides is 1. The molecule has 1 N–H and O–H groups in total. The van der Waals surface area contributed by atoms with Gasteiger partial charge in [-0.3, -0.25) is 9.10 Å². The second-order valence-corrected chi connectivity index (χ2v) is 7.47. The third-order valence-electron chi connectivity index (χ3n) is 3.19. The molecule has 2 aromatic rings. The first-order valence-corrected chi connectivity index (χ1v) is 9.21. The molecule has 0 aliphatic rings. The average molecular weight is 369 g/mol. The number of anilines is 2. The Kier molecular flexibility index (Phi) is 5.69. The normalized spacial score (nSPS) is 11.0. The van der Waals surface area contributed by atoms with E-state index in [0.717, 1.165) is 10.6 Å². The molecule has 0 saturated heterocycles. The molecule has 0 atom stereocenters. The summed E-state index contributed by atoms with van der Waals surface area (Å²) < 4.78 is 29.6. The number of nitrogens with zero attached hydrogens (tertiary/aromatic N) is 1. The van der Waals surface area contributed by atoms with Crippen molar-refractivity contribution in [3.63, 3.8) is 0 Å². The fourth-order valence-electron chi connectivity index (χ4n) is 1.87. The molecule has 0 fully saturated rings. The van der Waals surface area contributed by atoms with E-state index in [9.17, 15) is 13.2 Å². The summed E-state index contributed by atoms with van der Waals surface area (Å²) in [5.74, 6) is 0.0361. The first kappa shape index (κ1) is 18.1. The minimum Gasteiger partial charge on any atom is -0.482 e. The quantitative estimate of drug-likeness (QED) is 0.850. The lowest BCUT2D eigenvalue weighted by Gasteiger charge is -2.17. The zero-order valence-corrected chi connectivity index (χ0v) is 14.8. The summed E-state index contributed by atoms with van der Waals surface area (Å²) in [6.45, 7) is -0.212. The molecule has 0 aromatic heterocycles. The predicted molar refractivity (Wildman–Crippen MR) is 95.3 cm³/mol. The van der Waals surface area contributed by atoms with Gasteiger partial charge in [-0.05, 0) is 30.3 Å². The van der Waals surface area contributed by atoms with Gasteiger partial charge >= 0.3 is 0 Å². The highest BCUT2D eigenvalue weighted by Crippen LogP contribution is 2.23. The number of benzene rings is 2. The maximum Gasteiger partial charge on any atom is 0.262 e. The number of rotatable bonds is 6. The largest absolute Gasteiger partial charge is 0.482 e. The van der Waals surface area contributed by atoms with Crippen LogP contribution < -0.4 is 14.4 Å². The van der Waals surface area contributed by atoms with Gasteiger partial charge in [0.1, 0.15) is 5.75 Å². The van der Waals surface area contributed by atoms with E-state index >= 15 is 0 Å². The molecule has 0 spiro atoms. The first-order chi connectivity index (χ1) is 11.3. The van der Waals surface area contributed by atoms with E-state index in [1.54, 1.807) is 48.5 Å². The summed E-state index contributed by atoms with van der Waals surface area (Å²) in [5.41, 5.74) is 0.915. The van der Waals surface area contributed by atoms with Gasteiger partial charge in [-0.15, -0.1) is 0 Å². The summed E-state index contributed by atoms with van der Waals surface area (Å²) in [7, 11) is -1.93. The average Bonchev–Trinajstić information content (AvgIpc) is 2.53. The van der Waals surface area contributed by atoms with Crippen LogP contribution in [0.1, 0.15) is 0 Å². The third-order valence-corrected chi connectivity index (χ3v) is 4.70. The van der Waals surface area contributed by atoms with Crippen LogP contribution in [0.5, 0.6) is 5.75 Å². The Labute approximate surface area is 146 Å². The van der Waals surface area contributed by atoms with Crippen LogP contribution in [0.2, 0.25) is 5.02 Å². The summed E-state index contributed by atoms with van der Waals surface area (Å²) in [5, 5.41) is 3.07. The Hall–Kier alpha value is -2.25. The van der Waals surface area contributed by atoms with Crippen molar-refractivity contribution in [2.24, 2.45) is 0 Å². The molecule has 6 nitrogen and oxygen atoms in total. The van der Waals surface area contributed by atoms with Crippen LogP contribution in [0.4, 0.5) is 11.4 Å². The smallest absolute Gasteiger partial charge is 0.262 e. The maximum atomic E-state index is 12.0. The van der Waals surface area contributed by atoms with Gasteiger partial charge in [-0.1, -0.05) is 29.8 Å². The van der Waals surface area contributed by atoms with Crippen LogP contribution >= 0.6 is 11.6 Å². The van der Waals surface area contributed by atoms with Gasteiger partial charge in [0.25, 0.3) is 5.91 Å². The van der Waals surface area contributed by atoms with Crippen molar-refractivity contribution < 1.29 is 17.9 Å². The molecular formula is C16H17ClN2O4S. The molecule has 0 heterocycles. The lowest BCUT2D eigenvalue weighted by Crippen LogP contribution is -2.25. The van der Waals surface area contributed by atoms with Crippen LogP contribution in [-0.4, -0.2) is 34.2 Å². The van der Waals surface area contributed by atoms with Crippen molar-refractivity contribution in [1.29, 1.82) is 0 Å². The molecule has 0 aliphatic heterocycles. The molecule has 0 radical (unpaired) electrons. The van der Waals surface area contributed by atoms with E-state index < -0.39 is 10.0 Å². The second kappa shape index (κ2) is 7.55. The number of carbonyl (C=O) groups excluding carboxylic acids is 1. The Morgan fingerprint density at radius 2 is 1.92 bits per heavy atom. The number of nitrogens with one attached hydrogen (secondary N) is 1. The number of hydrogen-bond donors (Lipinski definition) is 1. The zero-order chi connectivity index (χ0) is 17.7. The number of para-hydroxylation sites is 1. The summed E-state index contributed by atoms with van der Waals surface area (Å²) in [6.07, 6.45) is 1.11. The summed E-state index contributed by atoms with van der Waals surface area (Å²) >= 11 is 5.95. The lowest BCUT2D eigenvalue weighted by atomic mass is 10.3. The summed E-state index contributed by atoms with van der Waals surface area (Å²) in [4.78, 5) is 12.0. The Morgan fingerprint density at radius 3 is 2.58 bits per heavy atom. The molecule has 0 saturated carbocycles. The Bertz CT molecular complexity index is 839. The first-order valence-electron chi connectivity index (χ1n) is 6.98. The van der Waals surface area contributed by atoms with E-state index in [2.05, 4.69) is 5.32 Å². The number of ether oxygens (including phenoxy) is 1. The molecular weight excluding hydrogens is 352 g/mol. The SMILES string of the molecule is CN(c1cccc(NC(=O)COc2ccccc2Cl)c1)S(C)(=O)=O. The van der Waals surface area contributed by atoms with E-state index in [1.165, 1.54) is 7.05 Å². The Morgan fingerprint density at radius 1 is 1.21 bits per heavy atom. The predicted octanol–water partition coefficient (Wildman–Crippen LogP) is 2.75. The van der Waals surface area contributed by atoms with Crippen LogP contribution in [-0.2, 0) is 14.8 Å².